The Morgan fingerprint density at radius 2 is 1.57 bits per heavy atom. The molecule has 3 aromatic carbocycles. The Morgan fingerprint density at radius 3 is 2.26 bits per heavy atom. The van der Waals surface area contributed by atoms with Crippen LogP contribution in [0, 0.1) is 0 Å². The number of rotatable bonds is 9. The predicted octanol–water partition coefficient (Wildman–Crippen LogP) is 5.16. The van der Waals surface area contributed by atoms with Crippen molar-refractivity contribution in [3.8, 4) is 23.0 Å². The van der Waals surface area contributed by atoms with E-state index in [-0.39, 0.29) is 11.9 Å². The second-order valence-corrected chi connectivity index (χ2v) is 7.89. The predicted molar refractivity (Wildman–Crippen MR) is 136 cm³/mol. The zero-order valence-corrected chi connectivity index (χ0v) is 20.2. The second kappa shape index (κ2) is 10.7. The molecule has 0 aliphatic rings. The van der Waals surface area contributed by atoms with E-state index in [4.69, 9.17) is 18.9 Å². The molecule has 0 saturated heterocycles. The molecule has 1 aromatic heterocycles. The van der Waals surface area contributed by atoms with Crippen LogP contribution in [0.15, 0.2) is 66.9 Å². The Hall–Kier alpha value is -4.33. The van der Waals surface area contributed by atoms with Gasteiger partial charge in [0.05, 0.1) is 28.4 Å². The van der Waals surface area contributed by atoms with Gasteiger partial charge in [-0.15, -0.1) is 0 Å². The van der Waals surface area contributed by atoms with Gasteiger partial charge in [-0.2, -0.15) is 0 Å². The van der Waals surface area contributed by atoms with Gasteiger partial charge in [-0.05, 0) is 29.3 Å². The van der Waals surface area contributed by atoms with Crippen LogP contribution in [0.3, 0.4) is 0 Å². The summed E-state index contributed by atoms with van der Waals surface area (Å²) in [4.78, 5) is 16.2. The number of hydrogen-bond donors (Lipinski definition) is 3. The molecule has 8 heteroatoms. The maximum Gasteiger partial charge on any atom is 0.319 e. The van der Waals surface area contributed by atoms with E-state index in [0.29, 0.717) is 35.2 Å². The molecule has 0 aliphatic heterocycles. The molecule has 3 N–H and O–H groups in total. The van der Waals surface area contributed by atoms with Crippen molar-refractivity contribution in [2.24, 2.45) is 0 Å². The third kappa shape index (κ3) is 5.27. The monoisotopic (exact) mass is 475 g/mol. The summed E-state index contributed by atoms with van der Waals surface area (Å²) in [6, 6.07) is 18.7. The summed E-state index contributed by atoms with van der Waals surface area (Å²) in [7, 11) is 6.34. The molecule has 0 bridgehead atoms. The van der Waals surface area contributed by atoms with Gasteiger partial charge in [0, 0.05) is 53.4 Å². The van der Waals surface area contributed by atoms with Crippen LogP contribution in [0.2, 0.25) is 0 Å². The summed E-state index contributed by atoms with van der Waals surface area (Å²) in [5, 5.41) is 6.95. The van der Waals surface area contributed by atoms with Gasteiger partial charge in [-0.25, -0.2) is 4.79 Å². The zero-order valence-electron chi connectivity index (χ0n) is 20.2. The van der Waals surface area contributed by atoms with Crippen LogP contribution in [-0.4, -0.2) is 46.0 Å². The van der Waals surface area contributed by atoms with Crippen molar-refractivity contribution in [2.45, 2.75) is 5.92 Å². The van der Waals surface area contributed by atoms with E-state index < -0.39 is 0 Å². The Morgan fingerprint density at radius 1 is 0.857 bits per heavy atom. The summed E-state index contributed by atoms with van der Waals surface area (Å²) >= 11 is 0. The number of ether oxygens (including phenoxy) is 4. The van der Waals surface area contributed by atoms with Gasteiger partial charge in [0.2, 0.25) is 0 Å². The van der Waals surface area contributed by atoms with Crippen molar-refractivity contribution >= 4 is 22.6 Å². The molecule has 4 aromatic rings. The second-order valence-electron chi connectivity index (χ2n) is 7.89. The van der Waals surface area contributed by atoms with E-state index >= 15 is 0 Å². The average molecular weight is 476 g/mol. The lowest BCUT2D eigenvalue weighted by molar-refractivity contribution is 0.252. The number of nitrogens with one attached hydrogen (secondary N) is 3. The van der Waals surface area contributed by atoms with Crippen LogP contribution in [0.4, 0.5) is 10.5 Å². The largest absolute Gasteiger partial charge is 0.497 e. The van der Waals surface area contributed by atoms with Crippen LogP contribution in [0.5, 0.6) is 23.0 Å². The molecule has 0 saturated carbocycles. The van der Waals surface area contributed by atoms with Gasteiger partial charge in [0.15, 0.2) is 11.5 Å². The number of urea groups is 1. The van der Waals surface area contributed by atoms with Gasteiger partial charge >= 0.3 is 6.03 Å². The number of methoxy groups -OCH3 is 4. The van der Waals surface area contributed by atoms with Gasteiger partial charge in [-0.3, -0.25) is 0 Å². The van der Waals surface area contributed by atoms with Gasteiger partial charge in [-0.1, -0.05) is 24.3 Å². The van der Waals surface area contributed by atoms with Gasteiger partial charge in [0.25, 0.3) is 0 Å². The molecule has 0 unspecified atom stereocenters. The van der Waals surface area contributed by atoms with Crippen LogP contribution in [0.25, 0.3) is 10.9 Å². The number of aromatic nitrogens is 1. The number of amides is 2. The van der Waals surface area contributed by atoms with Crippen molar-refractivity contribution in [3.63, 3.8) is 0 Å². The minimum absolute atomic E-state index is 0.142. The van der Waals surface area contributed by atoms with Crippen LogP contribution in [-0.2, 0) is 0 Å². The minimum atomic E-state index is -0.342. The first-order valence-corrected chi connectivity index (χ1v) is 11.1. The Kier molecular flexibility index (Phi) is 7.30. The highest BCUT2D eigenvalue weighted by Crippen LogP contribution is 2.35. The Bertz CT molecular complexity index is 1300. The quantitative estimate of drug-likeness (QED) is 0.311. The summed E-state index contributed by atoms with van der Waals surface area (Å²) in [6.07, 6.45) is 1.98. The first kappa shape index (κ1) is 23.8. The van der Waals surface area contributed by atoms with Crippen molar-refractivity contribution < 1.29 is 23.7 Å². The van der Waals surface area contributed by atoms with Crippen LogP contribution < -0.4 is 29.6 Å². The highest BCUT2D eigenvalue weighted by Gasteiger charge is 2.21. The summed E-state index contributed by atoms with van der Waals surface area (Å²) in [5.74, 6) is 2.30. The number of hydrogen-bond acceptors (Lipinski definition) is 5. The minimum Gasteiger partial charge on any atom is -0.497 e. The van der Waals surface area contributed by atoms with Gasteiger partial charge in [0.1, 0.15) is 11.5 Å². The average Bonchev–Trinajstić information content (AvgIpc) is 3.32. The molecule has 0 fully saturated rings. The lowest BCUT2D eigenvalue weighted by atomic mass is 9.90. The number of aromatic amines is 1. The smallest absolute Gasteiger partial charge is 0.319 e. The lowest BCUT2D eigenvalue weighted by Gasteiger charge is -2.20. The number of H-pyrrole nitrogens is 1. The Labute approximate surface area is 204 Å². The maximum absolute atomic E-state index is 12.8. The molecule has 35 heavy (non-hydrogen) atoms. The molecule has 0 aliphatic carbocycles. The molecule has 4 rings (SSSR count). The molecular formula is C27H29N3O5. The lowest BCUT2D eigenvalue weighted by Crippen LogP contribution is -2.32. The topological polar surface area (TPSA) is 93.8 Å². The molecule has 1 heterocycles. The number of fused-ring (bicyclic) bond motifs is 1. The van der Waals surface area contributed by atoms with Crippen LogP contribution in [0.1, 0.15) is 17.0 Å². The van der Waals surface area contributed by atoms with E-state index in [2.05, 4.69) is 21.7 Å². The number of benzene rings is 3. The van der Waals surface area contributed by atoms with E-state index in [9.17, 15) is 4.79 Å². The molecule has 0 spiro atoms. The fourth-order valence-electron chi connectivity index (χ4n) is 4.11. The molecule has 0 radical (unpaired) electrons. The molecule has 1 atom stereocenters. The van der Waals surface area contributed by atoms with E-state index in [1.165, 1.54) is 0 Å². The molecular weight excluding hydrogens is 446 g/mol. The number of carbonyl (C=O) groups is 1. The molecule has 2 amide bonds. The third-order valence-corrected chi connectivity index (χ3v) is 5.88. The first-order valence-electron chi connectivity index (χ1n) is 11.1. The molecule has 8 nitrogen and oxygen atoms in total. The fourth-order valence-corrected chi connectivity index (χ4v) is 4.11. The maximum atomic E-state index is 12.8. The standard InChI is InChI=1S/C27H29N3O5/c1-32-19-12-18(13-20(14-19)33-2)30-27(31)29-15-22(17-9-10-25(34-3)26(11-17)35-4)23-16-28-24-8-6-5-7-21(23)24/h5-14,16,22,28H,15H2,1-4H3,(H2,29,30,31)/t22-/m1/s1. The fraction of sp³-hybridized carbons (Fsp3) is 0.222. The summed E-state index contributed by atoms with van der Waals surface area (Å²) < 4.78 is 21.5. The SMILES string of the molecule is COc1cc(NC(=O)NC[C@H](c2ccc(OC)c(OC)c2)c2c[nH]c3ccccc23)cc(OC)c1. The van der Waals surface area contributed by atoms with Crippen LogP contribution >= 0.6 is 0 Å². The number of carbonyl (C=O) groups excluding carboxylic acids is 1. The zero-order chi connectivity index (χ0) is 24.8. The van der Waals surface area contributed by atoms with Crippen molar-refractivity contribution in [1.29, 1.82) is 0 Å². The van der Waals surface area contributed by atoms with Gasteiger partial charge < -0.3 is 34.6 Å². The van der Waals surface area contributed by atoms with E-state index in [1.54, 1.807) is 46.6 Å². The summed E-state index contributed by atoms with van der Waals surface area (Å²) in [5.41, 5.74) is 3.64. The van der Waals surface area contributed by atoms with Crippen molar-refractivity contribution in [1.82, 2.24) is 10.3 Å². The normalized spacial score (nSPS) is 11.5. The number of anilines is 1. The highest BCUT2D eigenvalue weighted by atomic mass is 16.5. The van der Waals surface area contributed by atoms with E-state index in [0.717, 1.165) is 22.0 Å². The van der Waals surface area contributed by atoms with Crippen molar-refractivity contribution in [3.05, 3.63) is 78.0 Å². The number of para-hydroxylation sites is 1. The third-order valence-electron chi connectivity index (χ3n) is 5.88. The van der Waals surface area contributed by atoms with Crippen molar-refractivity contribution in [2.75, 3.05) is 40.3 Å². The molecule has 182 valence electrons. The Balaban J connectivity index is 1.61. The highest BCUT2D eigenvalue weighted by molar-refractivity contribution is 5.90. The first-order chi connectivity index (χ1) is 17.1. The summed E-state index contributed by atoms with van der Waals surface area (Å²) in [6.45, 7) is 0.351. The van der Waals surface area contributed by atoms with E-state index in [1.807, 2.05) is 42.6 Å².